The van der Waals surface area contributed by atoms with E-state index in [9.17, 15) is 10.1 Å². The summed E-state index contributed by atoms with van der Waals surface area (Å²) in [4.78, 5) is 19.8. The number of nitrogens with zero attached hydrogens (tertiary/aromatic N) is 5. The number of rotatable bonds is 3. The van der Waals surface area contributed by atoms with Gasteiger partial charge in [-0.15, -0.1) is 0 Å². The molecule has 5 rings (SSSR count). The Morgan fingerprint density at radius 2 is 2.04 bits per heavy atom. The van der Waals surface area contributed by atoms with Gasteiger partial charge in [0.25, 0.3) is 5.69 Å². The van der Waals surface area contributed by atoms with Gasteiger partial charge in [0.2, 0.25) is 5.95 Å². The number of anilines is 1. The first-order valence-corrected chi connectivity index (χ1v) is 8.47. The number of aliphatic imine (C=N–C) groups is 1. The molecule has 4 N–H and O–H groups in total. The highest BCUT2D eigenvalue weighted by Crippen LogP contribution is 2.36. The van der Waals surface area contributed by atoms with Gasteiger partial charge in [-0.2, -0.15) is 5.10 Å². The highest BCUT2D eigenvalue weighted by Gasteiger charge is 2.28. The fourth-order valence-corrected chi connectivity index (χ4v) is 3.42. The molecule has 28 heavy (non-hydrogen) atoms. The van der Waals surface area contributed by atoms with Crippen LogP contribution in [0.3, 0.4) is 0 Å². The van der Waals surface area contributed by atoms with Crippen molar-refractivity contribution < 1.29 is 4.92 Å². The van der Waals surface area contributed by atoms with Crippen LogP contribution in [0, 0.1) is 10.1 Å². The Balaban J connectivity index is 1.70. The van der Waals surface area contributed by atoms with Gasteiger partial charge in [0.05, 0.1) is 27.8 Å². The first-order valence-electron chi connectivity index (χ1n) is 8.47. The third-order valence-electron chi connectivity index (χ3n) is 4.63. The van der Waals surface area contributed by atoms with Crippen LogP contribution in [-0.2, 0) is 0 Å². The summed E-state index contributed by atoms with van der Waals surface area (Å²) in [6, 6.07) is 14.1. The Kier molecular flexibility index (Phi) is 3.38. The summed E-state index contributed by atoms with van der Waals surface area (Å²) in [7, 11) is 0. The number of aromatic amines is 1. The SMILES string of the molecule is NC1=NC(c2cn[nH]c2-c2cccc([N+](=O)[O-])c2)n2c(nc3ccccc32)N1. The maximum atomic E-state index is 11.1. The molecule has 2 aromatic heterocycles. The molecule has 0 saturated carbocycles. The van der Waals surface area contributed by atoms with Crippen molar-refractivity contribution in [2.75, 3.05) is 5.32 Å². The molecule has 3 heterocycles. The molecule has 1 atom stereocenters. The number of nitro benzene ring substituents is 1. The number of imidazole rings is 1. The van der Waals surface area contributed by atoms with Gasteiger partial charge in [-0.3, -0.25) is 25.1 Å². The van der Waals surface area contributed by atoms with E-state index in [-0.39, 0.29) is 11.6 Å². The number of aromatic nitrogens is 4. The van der Waals surface area contributed by atoms with Crippen molar-refractivity contribution in [3.63, 3.8) is 0 Å². The van der Waals surface area contributed by atoms with Crippen LogP contribution in [-0.4, -0.2) is 30.6 Å². The molecule has 0 amide bonds. The van der Waals surface area contributed by atoms with Crippen LogP contribution in [0.4, 0.5) is 11.6 Å². The summed E-state index contributed by atoms with van der Waals surface area (Å²) in [6.45, 7) is 0. The monoisotopic (exact) mass is 374 g/mol. The first-order chi connectivity index (χ1) is 13.6. The Bertz CT molecular complexity index is 1260. The van der Waals surface area contributed by atoms with Crippen molar-refractivity contribution >= 4 is 28.6 Å². The predicted octanol–water partition coefficient (Wildman–Crippen LogP) is 2.62. The molecule has 0 fully saturated rings. The van der Waals surface area contributed by atoms with Crippen molar-refractivity contribution in [1.29, 1.82) is 0 Å². The van der Waals surface area contributed by atoms with Crippen molar-refractivity contribution in [1.82, 2.24) is 19.7 Å². The number of nitro groups is 1. The number of fused-ring (bicyclic) bond motifs is 3. The van der Waals surface area contributed by atoms with Gasteiger partial charge in [0.1, 0.15) is 0 Å². The standard InChI is InChI=1S/C18H14N8O2/c19-17-22-16(25-14-7-2-1-6-13(14)21-18(25)23-17)12-9-20-24-15(12)10-4-3-5-11(8-10)26(27)28/h1-9,16H,(H,20,24)(H3,19,21,22,23). The second kappa shape index (κ2) is 5.91. The third kappa shape index (κ3) is 2.39. The molecule has 0 radical (unpaired) electrons. The molecule has 10 heteroatoms. The van der Waals surface area contributed by atoms with Crippen molar-refractivity contribution in [2.45, 2.75) is 6.17 Å². The molecular formula is C18H14N8O2. The Labute approximate surface area is 157 Å². The highest BCUT2D eigenvalue weighted by atomic mass is 16.6. The second-order valence-electron chi connectivity index (χ2n) is 6.31. The van der Waals surface area contributed by atoms with Crippen molar-refractivity contribution in [3.05, 3.63) is 70.4 Å². The topological polar surface area (TPSA) is 140 Å². The largest absolute Gasteiger partial charge is 0.370 e. The van der Waals surface area contributed by atoms with E-state index in [1.54, 1.807) is 18.3 Å². The van der Waals surface area contributed by atoms with Gasteiger partial charge in [-0.25, -0.2) is 9.98 Å². The van der Waals surface area contributed by atoms with E-state index in [4.69, 9.17) is 5.73 Å². The van der Waals surface area contributed by atoms with Gasteiger partial charge in [-0.1, -0.05) is 24.3 Å². The van der Waals surface area contributed by atoms with Crippen LogP contribution in [0.15, 0.2) is 59.7 Å². The minimum absolute atomic E-state index is 0.000135. The quantitative estimate of drug-likeness (QED) is 0.372. The zero-order chi connectivity index (χ0) is 19.3. The van der Waals surface area contributed by atoms with Crippen LogP contribution < -0.4 is 11.1 Å². The Morgan fingerprint density at radius 3 is 2.89 bits per heavy atom. The Morgan fingerprint density at radius 1 is 1.18 bits per heavy atom. The zero-order valence-electron chi connectivity index (χ0n) is 14.4. The fraction of sp³-hybridized carbons (Fsp3) is 0.0556. The Hall–Kier alpha value is -4.21. The van der Waals surface area contributed by atoms with Gasteiger partial charge in [-0.05, 0) is 12.1 Å². The maximum Gasteiger partial charge on any atom is 0.270 e. The first kappa shape index (κ1) is 16.0. The summed E-state index contributed by atoms with van der Waals surface area (Å²) in [5.74, 6) is 0.809. The number of nitrogens with one attached hydrogen (secondary N) is 2. The molecule has 0 saturated heterocycles. The number of hydrogen-bond donors (Lipinski definition) is 3. The minimum atomic E-state index is -0.517. The number of benzene rings is 2. The maximum absolute atomic E-state index is 11.1. The average molecular weight is 374 g/mol. The molecule has 1 unspecified atom stereocenters. The van der Waals surface area contributed by atoms with E-state index >= 15 is 0 Å². The van der Waals surface area contributed by atoms with E-state index < -0.39 is 11.1 Å². The summed E-state index contributed by atoms with van der Waals surface area (Å²) in [5.41, 5.74) is 9.68. The third-order valence-corrected chi connectivity index (χ3v) is 4.63. The molecule has 2 aromatic carbocycles. The molecule has 0 spiro atoms. The molecule has 138 valence electrons. The van der Waals surface area contributed by atoms with Gasteiger partial charge >= 0.3 is 0 Å². The number of H-pyrrole nitrogens is 1. The molecule has 1 aliphatic heterocycles. The van der Waals surface area contributed by atoms with Crippen LogP contribution in [0.2, 0.25) is 0 Å². The van der Waals surface area contributed by atoms with E-state index in [1.807, 2.05) is 28.8 Å². The molecule has 1 aliphatic rings. The van der Waals surface area contributed by atoms with Crippen LogP contribution in [0.1, 0.15) is 11.7 Å². The van der Waals surface area contributed by atoms with E-state index in [0.29, 0.717) is 17.2 Å². The van der Waals surface area contributed by atoms with E-state index in [0.717, 1.165) is 16.6 Å². The number of guanidine groups is 1. The number of para-hydroxylation sites is 2. The zero-order valence-corrected chi connectivity index (χ0v) is 14.4. The highest BCUT2D eigenvalue weighted by molar-refractivity contribution is 5.95. The van der Waals surface area contributed by atoms with Gasteiger partial charge in [0, 0.05) is 23.3 Å². The van der Waals surface area contributed by atoms with Crippen molar-refractivity contribution in [3.8, 4) is 11.3 Å². The lowest BCUT2D eigenvalue weighted by molar-refractivity contribution is -0.384. The van der Waals surface area contributed by atoms with E-state index in [1.165, 1.54) is 12.1 Å². The minimum Gasteiger partial charge on any atom is -0.370 e. The number of non-ortho nitro benzene ring substituents is 1. The second-order valence-corrected chi connectivity index (χ2v) is 6.31. The molecular weight excluding hydrogens is 360 g/mol. The number of hydrogen-bond acceptors (Lipinski definition) is 7. The molecule has 4 aromatic rings. The average Bonchev–Trinajstić information content (AvgIpc) is 3.32. The molecule has 10 nitrogen and oxygen atoms in total. The van der Waals surface area contributed by atoms with E-state index in [2.05, 4.69) is 25.5 Å². The summed E-state index contributed by atoms with van der Waals surface area (Å²) < 4.78 is 1.93. The van der Waals surface area contributed by atoms with Gasteiger partial charge in [0.15, 0.2) is 12.1 Å². The lowest BCUT2D eigenvalue weighted by Crippen LogP contribution is -2.31. The van der Waals surface area contributed by atoms with Gasteiger partial charge < -0.3 is 5.73 Å². The van der Waals surface area contributed by atoms with Crippen LogP contribution in [0.5, 0.6) is 0 Å². The summed E-state index contributed by atoms with van der Waals surface area (Å²) in [6.07, 6.45) is 1.14. The lowest BCUT2D eigenvalue weighted by Gasteiger charge is -2.23. The molecule has 0 aliphatic carbocycles. The van der Waals surface area contributed by atoms with Crippen LogP contribution >= 0.6 is 0 Å². The normalized spacial score (nSPS) is 15.7. The van der Waals surface area contributed by atoms with Crippen LogP contribution in [0.25, 0.3) is 22.3 Å². The number of nitrogens with two attached hydrogens (primary N) is 1. The predicted molar refractivity (Wildman–Crippen MR) is 104 cm³/mol. The smallest absolute Gasteiger partial charge is 0.270 e. The van der Waals surface area contributed by atoms with Crippen molar-refractivity contribution in [2.24, 2.45) is 10.7 Å². The lowest BCUT2D eigenvalue weighted by atomic mass is 10.1. The summed E-state index contributed by atoms with van der Waals surface area (Å²) in [5, 5.41) is 21.2. The summed E-state index contributed by atoms with van der Waals surface area (Å²) >= 11 is 0. The fourth-order valence-electron chi connectivity index (χ4n) is 3.42. The molecule has 0 bridgehead atoms.